The first kappa shape index (κ1) is 14.7. The van der Waals surface area contributed by atoms with Crippen LogP contribution in [0.3, 0.4) is 0 Å². The van der Waals surface area contributed by atoms with Crippen molar-refractivity contribution in [2.75, 3.05) is 0 Å². The zero-order chi connectivity index (χ0) is 15.4. The number of aryl methyl sites for hydroxylation is 1. The third kappa shape index (κ3) is 3.52. The maximum atomic E-state index is 13.1. The molecule has 0 aliphatic rings. The molecule has 0 aliphatic heterocycles. The van der Waals surface area contributed by atoms with Crippen LogP contribution in [0.4, 0.5) is 4.39 Å². The van der Waals surface area contributed by atoms with Crippen molar-refractivity contribution in [2.45, 2.75) is 17.7 Å². The standard InChI is InChI=1S/C18H15FN2S/c1-13-5-2-3-8-16(13)17-9-10-18(21-20-17)22-12-14-6-4-7-15(19)11-14/h2-11H,12H2,1H3. The van der Waals surface area contributed by atoms with E-state index in [1.165, 1.54) is 11.6 Å². The molecule has 1 aromatic heterocycles. The summed E-state index contributed by atoms with van der Waals surface area (Å²) in [6.45, 7) is 2.06. The number of halogens is 1. The van der Waals surface area contributed by atoms with Crippen LogP contribution in [0.2, 0.25) is 0 Å². The van der Waals surface area contributed by atoms with Crippen LogP contribution < -0.4 is 0 Å². The summed E-state index contributed by atoms with van der Waals surface area (Å²) in [5, 5.41) is 9.38. The Morgan fingerprint density at radius 3 is 2.55 bits per heavy atom. The van der Waals surface area contributed by atoms with Crippen molar-refractivity contribution in [1.82, 2.24) is 10.2 Å². The van der Waals surface area contributed by atoms with Crippen LogP contribution in [0.25, 0.3) is 11.3 Å². The average molecular weight is 310 g/mol. The lowest BCUT2D eigenvalue weighted by atomic mass is 10.1. The second-order valence-electron chi connectivity index (χ2n) is 4.99. The molecule has 0 unspecified atom stereocenters. The number of benzene rings is 2. The minimum absolute atomic E-state index is 0.209. The van der Waals surface area contributed by atoms with E-state index >= 15 is 0 Å². The van der Waals surface area contributed by atoms with Crippen molar-refractivity contribution >= 4 is 11.8 Å². The van der Waals surface area contributed by atoms with Gasteiger partial charge in [0.15, 0.2) is 0 Å². The fourth-order valence-electron chi connectivity index (χ4n) is 2.18. The summed E-state index contributed by atoms with van der Waals surface area (Å²) < 4.78 is 13.1. The van der Waals surface area contributed by atoms with Crippen molar-refractivity contribution in [2.24, 2.45) is 0 Å². The van der Waals surface area contributed by atoms with E-state index in [1.54, 1.807) is 23.9 Å². The molecule has 22 heavy (non-hydrogen) atoms. The Morgan fingerprint density at radius 2 is 1.82 bits per heavy atom. The molecule has 0 fully saturated rings. The molecule has 0 aliphatic carbocycles. The van der Waals surface area contributed by atoms with Gasteiger partial charge in [-0.15, -0.1) is 10.2 Å². The first-order valence-corrected chi connectivity index (χ1v) is 7.98. The minimum Gasteiger partial charge on any atom is -0.207 e. The van der Waals surface area contributed by atoms with Crippen molar-refractivity contribution in [3.63, 3.8) is 0 Å². The van der Waals surface area contributed by atoms with E-state index in [0.29, 0.717) is 5.75 Å². The second-order valence-corrected chi connectivity index (χ2v) is 5.99. The first-order valence-electron chi connectivity index (χ1n) is 6.99. The number of thioether (sulfide) groups is 1. The van der Waals surface area contributed by atoms with Gasteiger partial charge in [0.05, 0.1) is 5.69 Å². The van der Waals surface area contributed by atoms with E-state index in [2.05, 4.69) is 23.2 Å². The Morgan fingerprint density at radius 1 is 0.955 bits per heavy atom. The molecule has 3 aromatic rings. The van der Waals surface area contributed by atoms with Gasteiger partial charge in [-0.3, -0.25) is 0 Å². The molecular formula is C18H15FN2S. The highest BCUT2D eigenvalue weighted by Gasteiger charge is 2.04. The molecule has 0 radical (unpaired) electrons. The minimum atomic E-state index is -0.209. The molecule has 2 nitrogen and oxygen atoms in total. The van der Waals surface area contributed by atoms with Gasteiger partial charge in [-0.25, -0.2) is 4.39 Å². The number of hydrogen-bond donors (Lipinski definition) is 0. The molecule has 3 rings (SSSR count). The predicted octanol–water partition coefficient (Wildman–Crippen LogP) is 4.88. The summed E-state index contributed by atoms with van der Waals surface area (Å²) in [5.74, 6) is 0.468. The van der Waals surface area contributed by atoms with E-state index < -0.39 is 0 Å². The normalized spacial score (nSPS) is 10.6. The zero-order valence-electron chi connectivity index (χ0n) is 12.2. The summed E-state index contributed by atoms with van der Waals surface area (Å²) in [6, 6.07) is 18.7. The SMILES string of the molecule is Cc1ccccc1-c1ccc(SCc2cccc(F)c2)nn1. The van der Waals surface area contributed by atoms with Gasteiger partial charge >= 0.3 is 0 Å². The van der Waals surface area contributed by atoms with Crippen LogP contribution in [0.5, 0.6) is 0 Å². The molecule has 0 atom stereocenters. The monoisotopic (exact) mass is 310 g/mol. The van der Waals surface area contributed by atoms with Crippen LogP contribution >= 0.6 is 11.8 Å². The van der Waals surface area contributed by atoms with E-state index in [4.69, 9.17) is 0 Å². The number of aromatic nitrogens is 2. The Labute approximate surface area is 133 Å². The van der Waals surface area contributed by atoms with Gasteiger partial charge in [-0.2, -0.15) is 0 Å². The maximum Gasteiger partial charge on any atom is 0.123 e. The lowest BCUT2D eigenvalue weighted by Gasteiger charge is -2.05. The fourth-order valence-corrected chi connectivity index (χ4v) is 2.94. The zero-order valence-corrected chi connectivity index (χ0v) is 13.0. The van der Waals surface area contributed by atoms with Gasteiger partial charge < -0.3 is 0 Å². The van der Waals surface area contributed by atoms with Gasteiger partial charge in [0.1, 0.15) is 10.8 Å². The van der Waals surface area contributed by atoms with E-state index in [1.807, 2.05) is 36.4 Å². The molecule has 0 saturated carbocycles. The third-order valence-corrected chi connectivity index (χ3v) is 4.33. The lowest BCUT2D eigenvalue weighted by molar-refractivity contribution is 0.626. The summed E-state index contributed by atoms with van der Waals surface area (Å²) in [5.41, 5.74) is 4.08. The van der Waals surface area contributed by atoms with Crippen molar-refractivity contribution in [1.29, 1.82) is 0 Å². The Balaban J connectivity index is 1.71. The molecule has 0 bridgehead atoms. The van der Waals surface area contributed by atoms with Gasteiger partial charge in [0, 0.05) is 11.3 Å². The van der Waals surface area contributed by atoms with Gasteiger partial charge in [-0.1, -0.05) is 48.2 Å². The van der Waals surface area contributed by atoms with Gasteiger partial charge in [0.2, 0.25) is 0 Å². The van der Waals surface area contributed by atoms with Crippen molar-refractivity contribution < 1.29 is 4.39 Å². The fraction of sp³-hybridized carbons (Fsp3) is 0.111. The van der Waals surface area contributed by atoms with Crippen molar-refractivity contribution in [3.05, 3.63) is 77.6 Å². The quantitative estimate of drug-likeness (QED) is 0.642. The molecule has 110 valence electrons. The van der Waals surface area contributed by atoms with Crippen LogP contribution in [0.15, 0.2) is 65.7 Å². The molecule has 0 saturated heterocycles. The topological polar surface area (TPSA) is 25.8 Å². The molecular weight excluding hydrogens is 295 g/mol. The van der Waals surface area contributed by atoms with E-state index in [0.717, 1.165) is 21.8 Å². The summed E-state index contributed by atoms with van der Waals surface area (Å²) >= 11 is 1.55. The van der Waals surface area contributed by atoms with E-state index in [-0.39, 0.29) is 5.82 Å². The third-order valence-electron chi connectivity index (χ3n) is 3.34. The molecule has 0 spiro atoms. The second kappa shape index (κ2) is 6.71. The summed E-state index contributed by atoms with van der Waals surface area (Å²) in [4.78, 5) is 0. The number of rotatable bonds is 4. The van der Waals surface area contributed by atoms with Crippen LogP contribution in [-0.2, 0) is 5.75 Å². The molecule has 4 heteroatoms. The molecule has 0 amide bonds. The highest BCUT2D eigenvalue weighted by molar-refractivity contribution is 7.98. The van der Waals surface area contributed by atoms with Crippen LogP contribution in [0, 0.1) is 12.7 Å². The highest BCUT2D eigenvalue weighted by Crippen LogP contribution is 2.24. The largest absolute Gasteiger partial charge is 0.207 e. The Kier molecular flexibility index (Phi) is 4.49. The van der Waals surface area contributed by atoms with E-state index in [9.17, 15) is 4.39 Å². The summed E-state index contributed by atoms with van der Waals surface area (Å²) in [6.07, 6.45) is 0. The molecule has 2 aromatic carbocycles. The Bertz CT molecular complexity index is 772. The van der Waals surface area contributed by atoms with Crippen molar-refractivity contribution in [3.8, 4) is 11.3 Å². The maximum absolute atomic E-state index is 13.1. The van der Waals surface area contributed by atoms with Gasteiger partial charge in [-0.05, 0) is 42.3 Å². The molecule has 1 heterocycles. The smallest absolute Gasteiger partial charge is 0.123 e. The predicted molar refractivity (Wildman–Crippen MR) is 88.2 cm³/mol. The average Bonchev–Trinajstić information content (AvgIpc) is 2.54. The first-order chi connectivity index (χ1) is 10.7. The van der Waals surface area contributed by atoms with Crippen LogP contribution in [-0.4, -0.2) is 10.2 Å². The highest BCUT2D eigenvalue weighted by atomic mass is 32.2. The van der Waals surface area contributed by atoms with Gasteiger partial charge in [0.25, 0.3) is 0 Å². The number of nitrogens with zero attached hydrogens (tertiary/aromatic N) is 2. The Hall–Kier alpha value is -2.20. The molecule has 0 N–H and O–H groups in total. The lowest BCUT2D eigenvalue weighted by Crippen LogP contribution is -1.91. The summed E-state index contributed by atoms with van der Waals surface area (Å²) in [7, 11) is 0. The van der Waals surface area contributed by atoms with Crippen LogP contribution in [0.1, 0.15) is 11.1 Å². The number of hydrogen-bond acceptors (Lipinski definition) is 3.